The van der Waals surface area contributed by atoms with E-state index in [1.54, 1.807) is 12.1 Å². The van der Waals surface area contributed by atoms with Crippen molar-refractivity contribution < 1.29 is 4.92 Å². The molecule has 2 aromatic carbocycles. The Labute approximate surface area is 164 Å². The number of rotatable bonds is 5. The van der Waals surface area contributed by atoms with E-state index in [-0.39, 0.29) is 5.69 Å². The Balaban J connectivity index is 1.43. The molecule has 0 atom stereocenters. The summed E-state index contributed by atoms with van der Waals surface area (Å²) >= 11 is 5.48. The Hall–Kier alpha value is -2.77. The third-order valence-electron chi connectivity index (χ3n) is 4.46. The molecule has 0 unspecified atom stereocenters. The predicted molar refractivity (Wildman–Crippen MR) is 113 cm³/mol. The first-order chi connectivity index (χ1) is 13.1. The quantitative estimate of drug-likeness (QED) is 0.484. The average Bonchev–Trinajstić information content (AvgIpc) is 2.70. The fourth-order valence-electron chi connectivity index (χ4n) is 2.90. The molecule has 0 aliphatic carbocycles. The van der Waals surface area contributed by atoms with Gasteiger partial charge in [0.1, 0.15) is 0 Å². The molecule has 1 N–H and O–H groups in total. The summed E-state index contributed by atoms with van der Waals surface area (Å²) in [4.78, 5) is 14.8. The monoisotopic (exact) mass is 382 g/mol. The molecule has 1 heterocycles. The summed E-state index contributed by atoms with van der Waals surface area (Å²) in [7, 11) is 0. The molecule has 6 nitrogen and oxygen atoms in total. The number of hydrogen-bond donors (Lipinski definition) is 1. The fourth-order valence-corrected chi connectivity index (χ4v) is 3.20. The van der Waals surface area contributed by atoms with E-state index in [4.69, 9.17) is 12.2 Å². The lowest BCUT2D eigenvalue weighted by Gasteiger charge is -2.35. The van der Waals surface area contributed by atoms with Crippen LogP contribution in [0.25, 0.3) is 6.08 Å². The number of nitrogens with one attached hydrogen (secondary N) is 1. The van der Waals surface area contributed by atoms with Crippen LogP contribution in [-0.2, 0) is 0 Å². The van der Waals surface area contributed by atoms with Gasteiger partial charge in [0.15, 0.2) is 5.11 Å². The smallest absolute Gasteiger partial charge is 0.269 e. The topological polar surface area (TPSA) is 61.7 Å². The molecular formula is C20H22N4O2S. The van der Waals surface area contributed by atoms with E-state index in [1.807, 2.05) is 18.2 Å². The summed E-state index contributed by atoms with van der Waals surface area (Å²) in [5.74, 6) is 0. The maximum atomic E-state index is 10.7. The van der Waals surface area contributed by atoms with Gasteiger partial charge in [0.05, 0.1) is 4.92 Å². The van der Waals surface area contributed by atoms with Crippen molar-refractivity contribution in [3.05, 3.63) is 76.4 Å². The second-order valence-electron chi connectivity index (χ2n) is 6.33. The molecule has 7 heteroatoms. The van der Waals surface area contributed by atoms with Gasteiger partial charge in [-0.05, 0) is 29.9 Å². The summed E-state index contributed by atoms with van der Waals surface area (Å²) in [6.07, 6.45) is 4.34. The molecule has 0 amide bonds. The maximum Gasteiger partial charge on any atom is 0.269 e. The van der Waals surface area contributed by atoms with Crippen LogP contribution < -0.4 is 5.32 Å². The van der Waals surface area contributed by atoms with Crippen molar-refractivity contribution in [2.45, 2.75) is 0 Å². The highest BCUT2D eigenvalue weighted by molar-refractivity contribution is 7.80. The zero-order valence-electron chi connectivity index (χ0n) is 15.0. The second kappa shape index (κ2) is 9.25. The van der Waals surface area contributed by atoms with Gasteiger partial charge >= 0.3 is 0 Å². The van der Waals surface area contributed by atoms with Gasteiger partial charge in [-0.15, -0.1) is 0 Å². The van der Waals surface area contributed by atoms with Gasteiger partial charge in [-0.25, -0.2) is 0 Å². The minimum Gasteiger partial charge on any atom is -0.346 e. The first-order valence-electron chi connectivity index (χ1n) is 8.86. The number of anilines is 1. The van der Waals surface area contributed by atoms with Crippen LogP contribution in [0.1, 0.15) is 5.56 Å². The van der Waals surface area contributed by atoms with E-state index in [0.29, 0.717) is 5.11 Å². The Morgan fingerprint density at radius 1 is 1.07 bits per heavy atom. The summed E-state index contributed by atoms with van der Waals surface area (Å²) in [6, 6.07) is 16.6. The van der Waals surface area contributed by atoms with Gasteiger partial charge in [0.25, 0.3) is 5.69 Å². The van der Waals surface area contributed by atoms with Crippen molar-refractivity contribution in [1.29, 1.82) is 0 Å². The van der Waals surface area contributed by atoms with Crippen molar-refractivity contribution in [3.8, 4) is 0 Å². The molecular weight excluding hydrogens is 360 g/mol. The third kappa shape index (κ3) is 5.60. The number of nitrogens with zero attached hydrogens (tertiary/aromatic N) is 3. The van der Waals surface area contributed by atoms with Crippen LogP contribution in [0.15, 0.2) is 60.7 Å². The van der Waals surface area contributed by atoms with Crippen molar-refractivity contribution in [2.24, 2.45) is 0 Å². The zero-order valence-corrected chi connectivity index (χ0v) is 15.8. The lowest BCUT2D eigenvalue weighted by atomic mass is 10.2. The lowest BCUT2D eigenvalue weighted by Crippen LogP contribution is -2.49. The molecule has 1 aliphatic rings. The van der Waals surface area contributed by atoms with Gasteiger partial charge in [-0.1, -0.05) is 42.5 Å². The molecule has 3 rings (SSSR count). The third-order valence-corrected chi connectivity index (χ3v) is 4.82. The van der Waals surface area contributed by atoms with Gasteiger partial charge in [0.2, 0.25) is 0 Å². The van der Waals surface area contributed by atoms with Crippen molar-refractivity contribution in [3.63, 3.8) is 0 Å². The van der Waals surface area contributed by atoms with E-state index in [9.17, 15) is 10.1 Å². The molecule has 1 fully saturated rings. The normalized spacial score (nSPS) is 15.0. The highest BCUT2D eigenvalue weighted by atomic mass is 32.1. The molecule has 0 bridgehead atoms. The second-order valence-corrected chi connectivity index (χ2v) is 6.72. The standard InChI is InChI=1S/C20H22N4O2S/c25-24(26)19-10-8-18(9-11-19)21-20(27)23-15-13-22(14-16-23)12-4-7-17-5-2-1-3-6-17/h1-11H,12-16H2,(H,21,27)/b7-4+. The van der Waals surface area contributed by atoms with Gasteiger partial charge < -0.3 is 10.2 Å². The van der Waals surface area contributed by atoms with Crippen LogP contribution in [0.3, 0.4) is 0 Å². The largest absolute Gasteiger partial charge is 0.346 e. The van der Waals surface area contributed by atoms with E-state index in [2.05, 4.69) is 39.4 Å². The molecule has 1 aliphatic heterocycles. The first kappa shape index (κ1) is 19.0. The van der Waals surface area contributed by atoms with Crippen LogP contribution in [-0.4, -0.2) is 52.6 Å². The van der Waals surface area contributed by atoms with Crippen LogP contribution in [0.5, 0.6) is 0 Å². The highest BCUT2D eigenvalue weighted by Gasteiger charge is 2.18. The predicted octanol–water partition coefficient (Wildman–Crippen LogP) is 3.62. The average molecular weight is 382 g/mol. The highest BCUT2D eigenvalue weighted by Crippen LogP contribution is 2.16. The molecule has 0 radical (unpaired) electrons. The van der Waals surface area contributed by atoms with E-state index < -0.39 is 4.92 Å². The Morgan fingerprint density at radius 3 is 2.37 bits per heavy atom. The van der Waals surface area contributed by atoms with Crippen molar-refractivity contribution in [1.82, 2.24) is 9.80 Å². The Kier molecular flexibility index (Phi) is 6.51. The lowest BCUT2D eigenvalue weighted by molar-refractivity contribution is -0.384. The number of nitro benzene ring substituents is 1. The summed E-state index contributed by atoms with van der Waals surface area (Å²) in [5, 5.41) is 14.5. The number of non-ortho nitro benzene ring substituents is 1. The molecule has 0 saturated carbocycles. The number of hydrogen-bond acceptors (Lipinski definition) is 4. The number of benzene rings is 2. The minimum atomic E-state index is -0.409. The van der Waals surface area contributed by atoms with Crippen molar-refractivity contribution in [2.75, 3.05) is 38.0 Å². The van der Waals surface area contributed by atoms with E-state index in [0.717, 1.165) is 38.4 Å². The maximum absolute atomic E-state index is 10.7. The summed E-state index contributed by atoms with van der Waals surface area (Å²) < 4.78 is 0. The summed E-state index contributed by atoms with van der Waals surface area (Å²) in [6.45, 7) is 4.53. The Bertz CT molecular complexity index is 800. The SMILES string of the molecule is O=[N+]([O-])c1ccc(NC(=S)N2CCN(C/C=C/c3ccccc3)CC2)cc1. The molecule has 0 aromatic heterocycles. The van der Waals surface area contributed by atoms with Crippen LogP contribution in [0, 0.1) is 10.1 Å². The van der Waals surface area contributed by atoms with Crippen LogP contribution >= 0.6 is 12.2 Å². The Morgan fingerprint density at radius 2 is 1.74 bits per heavy atom. The van der Waals surface area contributed by atoms with E-state index in [1.165, 1.54) is 17.7 Å². The van der Waals surface area contributed by atoms with Crippen molar-refractivity contribution >= 4 is 34.8 Å². The molecule has 2 aromatic rings. The number of thiocarbonyl (C=S) groups is 1. The van der Waals surface area contributed by atoms with Gasteiger partial charge in [-0.3, -0.25) is 15.0 Å². The van der Waals surface area contributed by atoms with E-state index >= 15 is 0 Å². The van der Waals surface area contributed by atoms with Crippen LogP contribution in [0.2, 0.25) is 0 Å². The number of nitro groups is 1. The minimum absolute atomic E-state index is 0.0728. The zero-order chi connectivity index (χ0) is 19.1. The van der Waals surface area contributed by atoms with Gasteiger partial charge in [0, 0.05) is 50.5 Å². The molecule has 140 valence electrons. The first-order valence-corrected chi connectivity index (χ1v) is 9.27. The fraction of sp³-hybridized carbons (Fsp3) is 0.250. The van der Waals surface area contributed by atoms with Gasteiger partial charge in [-0.2, -0.15) is 0 Å². The summed E-state index contributed by atoms with van der Waals surface area (Å²) in [5.41, 5.74) is 2.05. The molecule has 0 spiro atoms. The number of piperazine rings is 1. The molecule has 27 heavy (non-hydrogen) atoms. The molecule has 1 saturated heterocycles. The van der Waals surface area contributed by atoms with Crippen LogP contribution in [0.4, 0.5) is 11.4 Å².